The van der Waals surface area contributed by atoms with Gasteiger partial charge in [0.05, 0.1) is 11.6 Å². The van der Waals surface area contributed by atoms with Crippen molar-refractivity contribution in [3.05, 3.63) is 65.2 Å². The minimum absolute atomic E-state index is 0.0414. The van der Waals surface area contributed by atoms with E-state index in [4.69, 9.17) is 0 Å². The lowest BCUT2D eigenvalue weighted by Gasteiger charge is -2.42. The number of fused-ring (bicyclic) bond motifs is 1. The van der Waals surface area contributed by atoms with Crippen molar-refractivity contribution in [1.82, 2.24) is 24.9 Å². The van der Waals surface area contributed by atoms with Gasteiger partial charge in [-0.05, 0) is 80.9 Å². The quantitative estimate of drug-likeness (QED) is 0.519. The lowest BCUT2D eigenvalue weighted by atomic mass is 9.98. The molecule has 2 aromatic carbocycles. The van der Waals surface area contributed by atoms with E-state index in [0.29, 0.717) is 63.6 Å². The van der Waals surface area contributed by atoms with E-state index in [0.717, 1.165) is 42.7 Å². The first-order valence-electron chi connectivity index (χ1n) is 16.2. The monoisotopic (exact) mass is 597 g/mol. The van der Waals surface area contributed by atoms with Crippen LogP contribution in [0, 0.1) is 11.3 Å². The average molecular weight is 598 g/mol. The fourth-order valence-electron chi connectivity index (χ4n) is 7.30. The van der Waals surface area contributed by atoms with E-state index in [9.17, 15) is 19.6 Å². The van der Waals surface area contributed by atoms with Crippen LogP contribution in [-0.2, 0) is 17.8 Å². The summed E-state index contributed by atoms with van der Waals surface area (Å²) in [6.45, 7) is 5.26. The average Bonchev–Trinajstić information content (AvgIpc) is 3.08. The van der Waals surface area contributed by atoms with Crippen molar-refractivity contribution < 1.29 is 14.4 Å². The van der Waals surface area contributed by atoms with E-state index in [2.05, 4.69) is 21.6 Å². The maximum absolute atomic E-state index is 13.9. The number of benzene rings is 2. The van der Waals surface area contributed by atoms with Crippen molar-refractivity contribution >= 4 is 23.7 Å². The van der Waals surface area contributed by atoms with E-state index in [1.54, 1.807) is 17.0 Å². The van der Waals surface area contributed by atoms with Crippen molar-refractivity contribution in [3.8, 4) is 6.07 Å². The zero-order chi connectivity index (χ0) is 30.5. The van der Waals surface area contributed by atoms with Crippen LogP contribution in [0.25, 0.3) is 0 Å². The Morgan fingerprint density at radius 2 is 1.59 bits per heavy atom. The van der Waals surface area contributed by atoms with Crippen LogP contribution in [0.4, 0.5) is 15.3 Å². The molecule has 6 rings (SSSR count). The van der Waals surface area contributed by atoms with Crippen LogP contribution in [0.15, 0.2) is 48.5 Å². The number of hydrogen-bond acceptors (Lipinski definition) is 5. The number of nitriles is 1. The predicted octanol–water partition coefficient (Wildman–Crippen LogP) is 4.17. The molecule has 4 aliphatic heterocycles. The number of urea groups is 2. The second-order valence-electron chi connectivity index (χ2n) is 12.6. The third kappa shape index (κ3) is 6.83. The Morgan fingerprint density at radius 1 is 0.886 bits per heavy atom. The second-order valence-corrected chi connectivity index (χ2v) is 12.6. The zero-order valence-corrected chi connectivity index (χ0v) is 25.4. The summed E-state index contributed by atoms with van der Waals surface area (Å²) in [7, 11) is 0. The van der Waals surface area contributed by atoms with Gasteiger partial charge in [0.1, 0.15) is 6.04 Å². The summed E-state index contributed by atoms with van der Waals surface area (Å²) in [6.07, 6.45) is 7.41. The Hall–Kier alpha value is -4.10. The maximum atomic E-state index is 13.9. The van der Waals surface area contributed by atoms with Crippen LogP contribution >= 0.6 is 0 Å². The summed E-state index contributed by atoms with van der Waals surface area (Å²) >= 11 is 0. The van der Waals surface area contributed by atoms with Gasteiger partial charge in [0.2, 0.25) is 5.91 Å². The molecule has 0 aromatic heterocycles. The van der Waals surface area contributed by atoms with Crippen molar-refractivity contribution in [1.29, 1.82) is 5.26 Å². The molecule has 0 aliphatic carbocycles. The van der Waals surface area contributed by atoms with Crippen LogP contribution < -0.4 is 10.6 Å². The van der Waals surface area contributed by atoms with Crippen molar-refractivity contribution in [3.63, 3.8) is 0 Å². The van der Waals surface area contributed by atoms with Gasteiger partial charge in [-0.25, -0.2) is 9.59 Å². The zero-order valence-electron chi connectivity index (χ0n) is 25.4. The molecule has 2 N–H and O–H groups in total. The molecule has 2 aromatic rings. The maximum Gasteiger partial charge on any atom is 0.322 e. The topological polar surface area (TPSA) is 112 Å². The molecule has 0 saturated carbocycles. The highest BCUT2D eigenvalue weighted by Gasteiger charge is 2.35. The molecule has 3 saturated heterocycles. The molecule has 4 heterocycles. The Kier molecular flexibility index (Phi) is 9.31. The van der Waals surface area contributed by atoms with Crippen LogP contribution in [-0.4, -0.2) is 95.0 Å². The molecule has 0 spiro atoms. The molecule has 1 atom stereocenters. The fourth-order valence-corrected chi connectivity index (χ4v) is 7.30. The minimum atomic E-state index is -0.718. The molecular formula is C34H43N7O3. The Bertz CT molecular complexity index is 1390. The number of likely N-dealkylation sites (tertiary alicyclic amines) is 3. The van der Waals surface area contributed by atoms with Gasteiger partial charge in [-0.1, -0.05) is 36.8 Å². The molecule has 5 amide bonds. The van der Waals surface area contributed by atoms with Gasteiger partial charge in [0.15, 0.2) is 0 Å². The number of hydrogen-bond donors (Lipinski definition) is 2. The standard InChI is InChI=1S/C34H43N7O3/c35-23-26-8-6-7-25(21-26)22-31(32(42)39-17-11-28(12-18-39)38-15-4-1-5-16-38)37-33(43)40-19-13-29(14-20-40)41-24-27-9-2-3-10-30(27)36-34(41)44/h2-3,6-10,21,28-29,31H,1,4-5,11-20,22,24H2,(H,36,44)(H,37,43). The minimum Gasteiger partial charge on any atom is -0.341 e. The normalized spacial score (nSPS) is 20.8. The summed E-state index contributed by atoms with van der Waals surface area (Å²) in [5, 5.41) is 15.5. The summed E-state index contributed by atoms with van der Waals surface area (Å²) < 4.78 is 0. The Morgan fingerprint density at radius 3 is 2.34 bits per heavy atom. The number of carbonyl (C=O) groups excluding carboxylic acids is 3. The van der Waals surface area contributed by atoms with Gasteiger partial charge in [-0.3, -0.25) is 4.79 Å². The molecule has 10 nitrogen and oxygen atoms in total. The van der Waals surface area contributed by atoms with Crippen LogP contribution in [0.2, 0.25) is 0 Å². The van der Waals surface area contributed by atoms with Crippen LogP contribution in [0.5, 0.6) is 0 Å². The largest absolute Gasteiger partial charge is 0.341 e. The number of piperidine rings is 3. The number of amides is 5. The predicted molar refractivity (Wildman–Crippen MR) is 168 cm³/mol. The molecular weight excluding hydrogens is 554 g/mol. The van der Waals surface area contributed by atoms with Crippen molar-refractivity contribution in [2.75, 3.05) is 44.6 Å². The van der Waals surface area contributed by atoms with Gasteiger partial charge in [0, 0.05) is 56.9 Å². The molecule has 0 radical (unpaired) electrons. The molecule has 4 aliphatic rings. The Balaban J connectivity index is 1.08. The SMILES string of the molecule is N#Cc1cccc(CC(NC(=O)N2CCC(N3Cc4ccccc4NC3=O)CC2)C(=O)N2CCC(N3CCCCC3)CC2)c1. The summed E-state index contributed by atoms with van der Waals surface area (Å²) in [6, 6.07) is 16.8. The first kappa shape index (κ1) is 29.9. The van der Waals surface area contributed by atoms with Gasteiger partial charge in [0.25, 0.3) is 0 Å². The highest BCUT2D eigenvalue weighted by Crippen LogP contribution is 2.28. The van der Waals surface area contributed by atoms with Gasteiger partial charge >= 0.3 is 12.1 Å². The highest BCUT2D eigenvalue weighted by atomic mass is 16.2. The van der Waals surface area contributed by atoms with Crippen LogP contribution in [0.1, 0.15) is 61.6 Å². The van der Waals surface area contributed by atoms with Crippen molar-refractivity contribution in [2.45, 2.75) is 76.0 Å². The first-order valence-corrected chi connectivity index (χ1v) is 16.2. The molecule has 232 valence electrons. The summed E-state index contributed by atoms with van der Waals surface area (Å²) in [5.41, 5.74) is 3.33. The van der Waals surface area contributed by atoms with E-state index < -0.39 is 6.04 Å². The third-order valence-corrected chi connectivity index (χ3v) is 9.83. The summed E-state index contributed by atoms with van der Waals surface area (Å²) in [5.74, 6) is -0.0589. The van der Waals surface area contributed by atoms with Gasteiger partial charge in [-0.15, -0.1) is 0 Å². The fraction of sp³-hybridized carbons (Fsp3) is 0.529. The van der Waals surface area contributed by atoms with E-state index in [-0.39, 0.29) is 24.0 Å². The number of carbonyl (C=O) groups is 3. The van der Waals surface area contributed by atoms with Gasteiger partial charge < -0.3 is 30.2 Å². The number of anilines is 1. The van der Waals surface area contributed by atoms with Gasteiger partial charge in [-0.2, -0.15) is 5.26 Å². The first-order chi connectivity index (χ1) is 21.5. The second kappa shape index (κ2) is 13.7. The number of nitrogens with zero attached hydrogens (tertiary/aromatic N) is 5. The van der Waals surface area contributed by atoms with E-state index in [1.165, 1.54) is 19.3 Å². The highest BCUT2D eigenvalue weighted by molar-refractivity contribution is 5.92. The van der Waals surface area contributed by atoms with E-state index >= 15 is 0 Å². The van der Waals surface area contributed by atoms with Crippen molar-refractivity contribution in [2.24, 2.45) is 0 Å². The molecule has 44 heavy (non-hydrogen) atoms. The Labute approximate surface area is 260 Å². The smallest absolute Gasteiger partial charge is 0.322 e. The number of rotatable bonds is 6. The molecule has 10 heteroatoms. The lowest BCUT2D eigenvalue weighted by molar-refractivity contribution is -0.134. The van der Waals surface area contributed by atoms with Crippen LogP contribution in [0.3, 0.4) is 0 Å². The third-order valence-electron chi connectivity index (χ3n) is 9.83. The lowest BCUT2D eigenvalue weighted by Crippen LogP contribution is -2.57. The molecule has 1 unspecified atom stereocenters. The summed E-state index contributed by atoms with van der Waals surface area (Å²) in [4.78, 5) is 48.5. The number of nitrogens with one attached hydrogen (secondary N) is 2. The molecule has 0 bridgehead atoms. The van der Waals surface area contributed by atoms with E-state index in [1.807, 2.05) is 46.2 Å². The number of para-hydroxylation sites is 1. The molecule has 3 fully saturated rings.